The second-order valence-corrected chi connectivity index (χ2v) is 6.89. The molecule has 160 valence electrons. The minimum atomic E-state index is -0.377. The molecule has 1 N–H and O–H groups in total. The van der Waals surface area contributed by atoms with Gasteiger partial charge in [0.2, 0.25) is 5.95 Å². The Kier molecular flexibility index (Phi) is 5.53. The zero-order valence-corrected chi connectivity index (χ0v) is 17.8. The van der Waals surface area contributed by atoms with Gasteiger partial charge in [-0.05, 0) is 24.3 Å². The van der Waals surface area contributed by atoms with Crippen LogP contribution in [0.1, 0.15) is 21.9 Å². The average molecular weight is 421 g/mol. The van der Waals surface area contributed by atoms with Crippen LogP contribution >= 0.6 is 0 Å². The topological polar surface area (TPSA) is 87.8 Å². The highest BCUT2D eigenvalue weighted by atomic mass is 16.5. The first kappa shape index (κ1) is 20.3. The van der Waals surface area contributed by atoms with Gasteiger partial charge in [0.05, 0.1) is 32.4 Å². The smallest absolute Gasteiger partial charge is 0.293 e. The molecule has 0 bridgehead atoms. The molecule has 4 rings (SSSR count). The number of aromatic nitrogens is 2. The van der Waals surface area contributed by atoms with Crippen molar-refractivity contribution in [2.75, 3.05) is 26.6 Å². The normalized spacial score (nSPS) is 10.8. The zero-order valence-electron chi connectivity index (χ0n) is 17.8. The molecule has 0 unspecified atom stereocenters. The molecule has 31 heavy (non-hydrogen) atoms. The van der Waals surface area contributed by atoms with Crippen molar-refractivity contribution in [1.29, 1.82) is 0 Å². The van der Waals surface area contributed by atoms with E-state index < -0.39 is 0 Å². The number of nitrogens with one attached hydrogen (secondary N) is 1. The fourth-order valence-corrected chi connectivity index (χ4v) is 3.44. The Balaban J connectivity index is 1.56. The van der Waals surface area contributed by atoms with Crippen LogP contribution in [0.5, 0.6) is 17.2 Å². The number of fused-ring (bicyclic) bond motifs is 1. The van der Waals surface area contributed by atoms with Crippen molar-refractivity contribution in [3.63, 3.8) is 0 Å². The summed E-state index contributed by atoms with van der Waals surface area (Å²) in [7, 11) is 6.59. The number of imidazole rings is 1. The number of amides is 1. The van der Waals surface area contributed by atoms with E-state index in [0.717, 1.165) is 16.6 Å². The van der Waals surface area contributed by atoms with Crippen LogP contribution in [-0.2, 0) is 13.5 Å². The van der Waals surface area contributed by atoms with Gasteiger partial charge in [0, 0.05) is 31.2 Å². The molecule has 0 saturated carbocycles. The van der Waals surface area contributed by atoms with E-state index in [1.165, 1.54) is 0 Å². The number of carbonyl (C=O) groups is 1. The lowest BCUT2D eigenvalue weighted by Crippen LogP contribution is -2.14. The third-order valence-corrected chi connectivity index (χ3v) is 5.07. The molecule has 2 aromatic carbocycles. The van der Waals surface area contributed by atoms with E-state index >= 15 is 0 Å². The monoisotopic (exact) mass is 421 g/mol. The highest BCUT2D eigenvalue weighted by Crippen LogP contribution is 2.36. The van der Waals surface area contributed by atoms with Crippen molar-refractivity contribution < 1.29 is 23.4 Å². The molecule has 0 aliphatic carbocycles. The van der Waals surface area contributed by atoms with Gasteiger partial charge in [-0.1, -0.05) is 12.1 Å². The number of hydrogen-bond donors (Lipinski definition) is 1. The number of furan rings is 1. The maximum absolute atomic E-state index is 12.7. The number of methoxy groups -OCH3 is 3. The van der Waals surface area contributed by atoms with Crippen LogP contribution in [-0.4, -0.2) is 36.8 Å². The number of carbonyl (C=O) groups excluding carboxylic acids is 1. The summed E-state index contributed by atoms with van der Waals surface area (Å²) in [5, 5.41) is 2.81. The summed E-state index contributed by atoms with van der Waals surface area (Å²) in [4.78, 5) is 17.2. The molecule has 0 aliphatic rings. The first-order valence-corrected chi connectivity index (χ1v) is 9.64. The lowest BCUT2D eigenvalue weighted by Gasteiger charge is -2.14. The largest absolute Gasteiger partial charge is 0.496 e. The summed E-state index contributed by atoms with van der Waals surface area (Å²) in [6.45, 7) is 0. The predicted molar refractivity (Wildman–Crippen MR) is 116 cm³/mol. The second kappa shape index (κ2) is 8.43. The molecule has 4 aromatic rings. The van der Waals surface area contributed by atoms with Gasteiger partial charge in [-0.3, -0.25) is 10.1 Å². The summed E-state index contributed by atoms with van der Waals surface area (Å²) >= 11 is 0. The van der Waals surface area contributed by atoms with Crippen LogP contribution in [0.2, 0.25) is 0 Å². The number of hydrogen-bond acceptors (Lipinski definition) is 6. The number of para-hydroxylation sites is 2. The molecule has 0 atom stereocenters. The minimum Gasteiger partial charge on any atom is -0.496 e. The molecule has 0 saturated heterocycles. The molecular formula is C23H23N3O5. The highest BCUT2D eigenvalue weighted by molar-refractivity contribution is 6.02. The Morgan fingerprint density at radius 2 is 1.74 bits per heavy atom. The van der Waals surface area contributed by atoms with Crippen molar-refractivity contribution in [2.24, 2.45) is 7.05 Å². The number of anilines is 1. The summed E-state index contributed by atoms with van der Waals surface area (Å²) in [5.41, 5.74) is 2.53. The molecule has 8 heteroatoms. The zero-order chi connectivity index (χ0) is 22.0. The first-order chi connectivity index (χ1) is 15.0. The van der Waals surface area contributed by atoms with Crippen molar-refractivity contribution in [2.45, 2.75) is 6.42 Å². The summed E-state index contributed by atoms with van der Waals surface area (Å²) in [6, 6.07) is 14.6. The van der Waals surface area contributed by atoms with Crippen molar-refractivity contribution >= 4 is 22.9 Å². The quantitative estimate of drug-likeness (QED) is 0.485. The third-order valence-electron chi connectivity index (χ3n) is 5.07. The maximum atomic E-state index is 12.7. The van der Waals surface area contributed by atoms with Gasteiger partial charge in [0.25, 0.3) is 5.91 Å². The van der Waals surface area contributed by atoms with Gasteiger partial charge in [0.1, 0.15) is 23.0 Å². The highest BCUT2D eigenvalue weighted by Gasteiger charge is 2.19. The number of aryl methyl sites for hydroxylation is 1. The van der Waals surface area contributed by atoms with Gasteiger partial charge in [-0.15, -0.1) is 0 Å². The van der Waals surface area contributed by atoms with Crippen LogP contribution in [0.4, 0.5) is 5.95 Å². The fraction of sp³-hybridized carbons (Fsp3) is 0.217. The fourth-order valence-electron chi connectivity index (χ4n) is 3.44. The number of nitrogens with zero attached hydrogens (tertiary/aromatic N) is 2. The lowest BCUT2D eigenvalue weighted by molar-refractivity contribution is 0.0994. The first-order valence-electron chi connectivity index (χ1n) is 9.64. The van der Waals surface area contributed by atoms with Gasteiger partial charge < -0.3 is 23.2 Å². The van der Waals surface area contributed by atoms with E-state index in [1.54, 1.807) is 45.6 Å². The number of rotatable bonds is 7. The van der Waals surface area contributed by atoms with E-state index in [4.69, 9.17) is 18.6 Å². The molecule has 8 nitrogen and oxygen atoms in total. The Labute approximate surface area is 179 Å². The standard InChI is InChI=1S/C23H23N3O5/c1-26-18-8-6-5-7-17(18)24-23(26)25-22(27)19-10-9-14(31-19)11-16-20(29-3)12-15(28-2)13-21(16)30-4/h5-10,12-13H,11H2,1-4H3,(H,24,25,27). The van der Waals surface area contributed by atoms with Gasteiger partial charge >= 0.3 is 0 Å². The summed E-state index contributed by atoms with van der Waals surface area (Å²) in [6.07, 6.45) is 0.385. The minimum absolute atomic E-state index is 0.188. The maximum Gasteiger partial charge on any atom is 0.293 e. The molecule has 0 aliphatic heterocycles. The summed E-state index contributed by atoms with van der Waals surface area (Å²) < 4.78 is 23.9. The third kappa shape index (κ3) is 3.92. The van der Waals surface area contributed by atoms with Crippen molar-refractivity contribution in [3.05, 3.63) is 65.6 Å². The van der Waals surface area contributed by atoms with E-state index in [9.17, 15) is 4.79 Å². The molecule has 0 radical (unpaired) electrons. The van der Waals surface area contributed by atoms with Gasteiger partial charge in [0.15, 0.2) is 5.76 Å². The Morgan fingerprint density at radius 1 is 1.03 bits per heavy atom. The molecule has 0 fully saturated rings. The predicted octanol–water partition coefficient (Wildman–Crippen LogP) is 4.04. The van der Waals surface area contributed by atoms with Gasteiger partial charge in [-0.25, -0.2) is 4.98 Å². The Bertz CT molecular complexity index is 1220. The molecule has 2 aromatic heterocycles. The Hall–Kier alpha value is -3.94. The molecule has 0 spiro atoms. The van der Waals surface area contributed by atoms with Crippen LogP contribution in [0.3, 0.4) is 0 Å². The van der Waals surface area contributed by atoms with Crippen LogP contribution in [0, 0.1) is 0 Å². The van der Waals surface area contributed by atoms with E-state index in [-0.39, 0.29) is 11.7 Å². The summed E-state index contributed by atoms with van der Waals surface area (Å²) in [5.74, 6) is 2.70. The van der Waals surface area contributed by atoms with Crippen molar-refractivity contribution in [1.82, 2.24) is 9.55 Å². The van der Waals surface area contributed by atoms with Crippen molar-refractivity contribution in [3.8, 4) is 17.2 Å². The van der Waals surface area contributed by atoms with Crippen LogP contribution < -0.4 is 19.5 Å². The Morgan fingerprint density at radius 3 is 2.39 bits per heavy atom. The van der Waals surface area contributed by atoms with E-state index in [1.807, 2.05) is 35.9 Å². The van der Waals surface area contributed by atoms with Crippen LogP contribution in [0.15, 0.2) is 52.9 Å². The number of benzene rings is 2. The SMILES string of the molecule is COc1cc(OC)c(Cc2ccc(C(=O)Nc3nc4ccccc4n3C)o2)c(OC)c1. The van der Waals surface area contributed by atoms with E-state index in [0.29, 0.717) is 35.4 Å². The molecular weight excluding hydrogens is 398 g/mol. The average Bonchev–Trinajstić information content (AvgIpc) is 3.39. The van der Waals surface area contributed by atoms with Crippen LogP contribution in [0.25, 0.3) is 11.0 Å². The van der Waals surface area contributed by atoms with Gasteiger partial charge in [-0.2, -0.15) is 0 Å². The second-order valence-electron chi connectivity index (χ2n) is 6.89. The van der Waals surface area contributed by atoms with E-state index in [2.05, 4.69) is 10.3 Å². The molecule has 2 heterocycles. The molecule has 1 amide bonds. The lowest BCUT2D eigenvalue weighted by atomic mass is 10.1. The number of ether oxygens (including phenoxy) is 3.